The highest BCUT2D eigenvalue weighted by molar-refractivity contribution is 6.30. The van der Waals surface area contributed by atoms with Gasteiger partial charge in [0, 0.05) is 48.5 Å². The maximum absolute atomic E-state index is 12.7. The summed E-state index contributed by atoms with van der Waals surface area (Å²) in [5.41, 5.74) is 9.44. The van der Waals surface area contributed by atoms with E-state index < -0.39 is 0 Å². The first-order chi connectivity index (χ1) is 18.5. The first-order valence-corrected chi connectivity index (χ1v) is 12.5. The molecule has 6 rings (SSSR count). The lowest BCUT2D eigenvalue weighted by atomic mass is 10.1. The van der Waals surface area contributed by atoms with Gasteiger partial charge in [0.15, 0.2) is 18.0 Å². The molecule has 10 nitrogen and oxygen atoms in total. The van der Waals surface area contributed by atoms with Crippen LogP contribution in [0, 0.1) is 0 Å². The highest BCUT2D eigenvalue weighted by Crippen LogP contribution is 2.27. The standard InChI is InChI=1S/C27H24ClN7O3/c28-19-5-2-7-21(15-19)38-17-25(36)34-11-9-33(10-12-34)20-6-1-4-18(14-20)22-16-24-31-26(23-8-3-13-37-23)32-35(24)27(29)30-22/h1-8,13-16H,9-12,17H2,(H2,29,30). The van der Waals surface area contributed by atoms with Crippen LogP contribution in [0.3, 0.4) is 0 Å². The number of fused-ring (bicyclic) bond motifs is 1. The van der Waals surface area contributed by atoms with Gasteiger partial charge in [-0.2, -0.15) is 4.52 Å². The molecule has 0 unspecified atom stereocenters. The summed E-state index contributed by atoms with van der Waals surface area (Å²) in [6.07, 6.45) is 1.57. The Morgan fingerprint density at radius 1 is 1.00 bits per heavy atom. The fourth-order valence-electron chi connectivity index (χ4n) is 4.44. The number of furan rings is 1. The van der Waals surface area contributed by atoms with Crippen LogP contribution in [0.4, 0.5) is 11.6 Å². The number of aromatic nitrogens is 4. The van der Waals surface area contributed by atoms with E-state index in [1.54, 1.807) is 42.7 Å². The number of benzene rings is 2. The van der Waals surface area contributed by atoms with Crippen molar-refractivity contribution in [1.82, 2.24) is 24.5 Å². The molecule has 2 N–H and O–H groups in total. The Bertz CT molecular complexity index is 1590. The summed E-state index contributed by atoms with van der Waals surface area (Å²) in [4.78, 5) is 25.8. The van der Waals surface area contributed by atoms with Crippen molar-refractivity contribution in [3.63, 3.8) is 0 Å². The Labute approximate surface area is 223 Å². The summed E-state index contributed by atoms with van der Waals surface area (Å²) in [5.74, 6) is 1.77. The zero-order valence-electron chi connectivity index (χ0n) is 20.3. The Morgan fingerprint density at radius 2 is 1.84 bits per heavy atom. The van der Waals surface area contributed by atoms with Crippen molar-refractivity contribution < 1.29 is 13.9 Å². The number of carbonyl (C=O) groups excluding carboxylic acids is 1. The minimum Gasteiger partial charge on any atom is -0.484 e. The molecule has 11 heteroatoms. The molecule has 0 atom stereocenters. The molecule has 3 aromatic heterocycles. The number of nitrogens with two attached hydrogens (primary N) is 1. The number of hydrogen-bond donors (Lipinski definition) is 1. The van der Waals surface area contributed by atoms with Gasteiger partial charge in [-0.1, -0.05) is 29.8 Å². The molecule has 2 aromatic carbocycles. The van der Waals surface area contributed by atoms with Crippen molar-refractivity contribution in [3.8, 4) is 28.6 Å². The summed E-state index contributed by atoms with van der Waals surface area (Å²) in [6.45, 7) is 2.60. The second-order valence-corrected chi connectivity index (χ2v) is 9.28. The van der Waals surface area contributed by atoms with Gasteiger partial charge >= 0.3 is 0 Å². The molecule has 0 spiro atoms. The minimum atomic E-state index is -0.0476. The molecule has 192 valence electrons. The largest absolute Gasteiger partial charge is 0.484 e. The Kier molecular flexibility index (Phi) is 6.30. The van der Waals surface area contributed by atoms with Crippen LogP contribution in [0.1, 0.15) is 0 Å². The topological polar surface area (TPSA) is 115 Å². The SMILES string of the molecule is Nc1nc(-c2cccc(N3CCN(C(=O)COc4cccc(Cl)c4)CC3)c2)cc2nc(-c3ccco3)nn12. The molecule has 38 heavy (non-hydrogen) atoms. The van der Waals surface area contributed by atoms with E-state index in [-0.39, 0.29) is 18.5 Å². The van der Waals surface area contributed by atoms with Crippen molar-refractivity contribution in [1.29, 1.82) is 0 Å². The Morgan fingerprint density at radius 3 is 2.63 bits per heavy atom. The van der Waals surface area contributed by atoms with E-state index in [0.29, 0.717) is 59.9 Å². The van der Waals surface area contributed by atoms with Gasteiger partial charge in [0.1, 0.15) is 5.75 Å². The van der Waals surface area contributed by atoms with Gasteiger partial charge in [-0.05, 0) is 42.5 Å². The number of piperazine rings is 1. The fraction of sp³-hybridized carbons (Fsp3) is 0.185. The van der Waals surface area contributed by atoms with Crippen LogP contribution in [-0.2, 0) is 4.79 Å². The predicted molar refractivity (Wildman–Crippen MR) is 144 cm³/mol. The second-order valence-electron chi connectivity index (χ2n) is 8.85. The average Bonchev–Trinajstić information content (AvgIpc) is 3.63. The van der Waals surface area contributed by atoms with Crippen molar-refractivity contribution >= 4 is 34.8 Å². The van der Waals surface area contributed by atoms with E-state index in [0.717, 1.165) is 11.3 Å². The first kappa shape index (κ1) is 23.8. The van der Waals surface area contributed by atoms with Crippen LogP contribution < -0.4 is 15.4 Å². The Balaban J connectivity index is 1.13. The van der Waals surface area contributed by atoms with Crippen molar-refractivity contribution in [3.05, 3.63) is 78.0 Å². The lowest BCUT2D eigenvalue weighted by molar-refractivity contribution is -0.133. The van der Waals surface area contributed by atoms with Crippen LogP contribution in [0.25, 0.3) is 28.5 Å². The number of amides is 1. The number of hydrogen-bond acceptors (Lipinski definition) is 8. The normalized spacial score (nSPS) is 13.7. The van der Waals surface area contributed by atoms with Crippen LogP contribution in [0.5, 0.6) is 5.75 Å². The smallest absolute Gasteiger partial charge is 0.260 e. The Hall–Kier alpha value is -4.57. The van der Waals surface area contributed by atoms with E-state index in [1.807, 2.05) is 23.1 Å². The van der Waals surface area contributed by atoms with Crippen molar-refractivity contribution in [2.75, 3.05) is 43.4 Å². The van der Waals surface area contributed by atoms with Gasteiger partial charge in [-0.3, -0.25) is 4.79 Å². The van der Waals surface area contributed by atoms with Gasteiger partial charge in [-0.15, -0.1) is 5.10 Å². The van der Waals surface area contributed by atoms with Gasteiger partial charge in [0.2, 0.25) is 11.8 Å². The summed E-state index contributed by atoms with van der Waals surface area (Å²) in [7, 11) is 0. The molecule has 0 radical (unpaired) electrons. The molecule has 1 fully saturated rings. The van der Waals surface area contributed by atoms with Gasteiger partial charge in [0.25, 0.3) is 5.91 Å². The minimum absolute atomic E-state index is 0.0182. The maximum atomic E-state index is 12.7. The number of halogens is 1. The third kappa shape index (κ3) is 4.85. The number of ether oxygens (including phenoxy) is 1. The molecule has 0 aliphatic carbocycles. The number of carbonyl (C=O) groups is 1. The number of anilines is 2. The lowest BCUT2D eigenvalue weighted by Gasteiger charge is -2.36. The molecule has 1 aliphatic heterocycles. The second kappa shape index (κ2) is 10.1. The van der Waals surface area contributed by atoms with Crippen LogP contribution in [0.2, 0.25) is 5.02 Å². The number of rotatable bonds is 6. The molecule has 4 heterocycles. The van der Waals surface area contributed by atoms with Gasteiger partial charge in [0.05, 0.1) is 12.0 Å². The molecule has 0 saturated carbocycles. The van der Waals surface area contributed by atoms with Crippen molar-refractivity contribution in [2.24, 2.45) is 0 Å². The van der Waals surface area contributed by atoms with Crippen LogP contribution in [-0.4, -0.2) is 63.2 Å². The lowest BCUT2D eigenvalue weighted by Crippen LogP contribution is -2.50. The summed E-state index contributed by atoms with van der Waals surface area (Å²) < 4.78 is 12.5. The summed E-state index contributed by atoms with van der Waals surface area (Å²) in [6, 6.07) is 20.6. The van der Waals surface area contributed by atoms with E-state index >= 15 is 0 Å². The third-order valence-corrected chi connectivity index (χ3v) is 6.62. The monoisotopic (exact) mass is 529 g/mol. The summed E-state index contributed by atoms with van der Waals surface area (Å²) >= 11 is 5.99. The van der Waals surface area contributed by atoms with E-state index in [9.17, 15) is 4.79 Å². The highest BCUT2D eigenvalue weighted by atomic mass is 35.5. The molecule has 1 amide bonds. The fourth-order valence-corrected chi connectivity index (χ4v) is 4.62. The van der Waals surface area contributed by atoms with Crippen molar-refractivity contribution in [2.45, 2.75) is 0 Å². The molecule has 1 aliphatic rings. The quantitative estimate of drug-likeness (QED) is 0.351. The zero-order valence-corrected chi connectivity index (χ0v) is 21.1. The van der Waals surface area contributed by atoms with Gasteiger partial charge < -0.3 is 24.7 Å². The number of nitrogens with zero attached hydrogens (tertiary/aromatic N) is 6. The maximum Gasteiger partial charge on any atom is 0.260 e. The molecular weight excluding hydrogens is 506 g/mol. The average molecular weight is 530 g/mol. The van der Waals surface area contributed by atoms with Crippen LogP contribution in [0.15, 0.2) is 77.4 Å². The van der Waals surface area contributed by atoms with E-state index in [1.165, 1.54) is 4.52 Å². The van der Waals surface area contributed by atoms with E-state index in [4.69, 9.17) is 26.5 Å². The highest BCUT2D eigenvalue weighted by Gasteiger charge is 2.22. The van der Waals surface area contributed by atoms with E-state index in [2.05, 4.69) is 32.1 Å². The number of nitrogen functional groups attached to an aromatic ring is 1. The van der Waals surface area contributed by atoms with Gasteiger partial charge in [-0.25, -0.2) is 9.97 Å². The first-order valence-electron chi connectivity index (χ1n) is 12.1. The zero-order chi connectivity index (χ0) is 26.1. The molecule has 0 bridgehead atoms. The molecule has 1 saturated heterocycles. The molecular formula is C27H24ClN7O3. The third-order valence-electron chi connectivity index (χ3n) is 6.39. The molecule has 5 aromatic rings. The van der Waals surface area contributed by atoms with Crippen LogP contribution >= 0.6 is 11.6 Å². The summed E-state index contributed by atoms with van der Waals surface area (Å²) in [5, 5.41) is 4.98. The predicted octanol–water partition coefficient (Wildman–Crippen LogP) is 4.01.